The van der Waals surface area contributed by atoms with Crippen LogP contribution in [0.4, 0.5) is 4.39 Å². The molecule has 0 fully saturated rings. The fraction of sp³-hybridized carbons (Fsp3) is 0.385. The lowest BCUT2D eigenvalue weighted by Crippen LogP contribution is -2.41. The Morgan fingerprint density at radius 2 is 1.63 bits per heavy atom. The minimum Gasteiger partial charge on any atom is -0.480 e. The van der Waals surface area contributed by atoms with E-state index in [0.29, 0.717) is 6.42 Å². The van der Waals surface area contributed by atoms with Gasteiger partial charge in [0.25, 0.3) is 0 Å². The van der Waals surface area contributed by atoms with Crippen molar-refractivity contribution >= 4 is 11.9 Å². The van der Waals surface area contributed by atoms with Crippen molar-refractivity contribution in [1.29, 1.82) is 0 Å². The molecule has 0 saturated carbocycles. The van der Waals surface area contributed by atoms with Gasteiger partial charge in [-0.25, -0.2) is 4.39 Å². The third kappa shape index (κ3) is 5.48. The van der Waals surface area contributed by atoms with Gasteiger partial charge in [-0.3, -0.25) is 14.5 Å². The number of halogens is 1. The van der Waals surface area contributed by atoms with Crippen molar-refractivity contribution in [2.24, 2.45) is 0 Å². The summed E-state index contributed by atoms with van der Waals surface area (Å²) in [6.07, 6.45) is 0.459. The SMILES string of the molecule is CC(Cc1ccc(F)cc1)N(CC(=O)O)CC(=O)O. The van der Waals surface area contributed by atoms with E-state index in [1.807, 2.05) is 0 Å². The Bertz CT molecular complexity index is 430. The zero-order valence-corrected chi connectivity index (χ0v) is 10.5. The Balaban J connectivity index is 2.69. The summed E-state index contributed by atoms with van der Waals surface area (Å²) in [5.41, 5.74) is 0.828. The van der Waals surface area contributed by atoms with Crippen molar-refractivity contribution in [3.8, 4) is 0 Å². The van der Waals surface area contributed by atoms with E-state index in [-0.39, 0.29) is 24.9 Å². The molecule has 6 heteroatoms. The highest BCUT2D eigenvalue weighted by atomic mass is 19.1. The Hall–Kier alpha value is -1.95. The molecular formula is C13H16FNO4. The summed E-state index contributed by atoms with van der Waals surface area (Å²) >= 11 is 0. The molecule has 1 aromatic carbocycles. The van der Waals surface area contributed by atoms with E-state index in [4.69, 9.17) is 10.2 Å². The highest BCUT2D eigenvalue weighted by Crippen LogP contribution is 2.10. The number of aliphatic carboxylic acids is 2. The molecule has 0 saturated heterocycles. The second-order valence-corrected chi connectivity index (χ2v) is 4.37. The van der Waals surface area contributed by atoms with Gasteiger partial charge in [0, 0.05) is 6.04 Å². The van der Waals surface area contributed by atoms with Crippen molar-refractivity contribution in [3.63, 3.8) is 0 Å². The molecule has 1 unspecified atom stereocenters. The third-order valence-electron chi connectivity index (χ3n) is 2.74. The van der Waals surface area contributed by atoms with Crippen LogP contribution in [0.3, 0.4) is 0 Å². The van der Waals surface area contributed by atoms with Crippen molar-refractivity contribution in [1.82, 2.24) is 4.90 Å². The van der Waals surface area contributed by atoms with Crippen LogP contribution in [-0.4, -0.2) is 46.2 Å². The Morgan fingerprint density at radius 3 is 2.05 bits per heavy atom. The van der Waals surface area contributed by atoms with Crippen LogP contribution in [0.1, 0.15) is 12.5 Å². The van der Waals surface area contributed by atoms with Crippen LogP contribution >= 0.6 is 0 Å². The quantitative estimate of drug-likeness (QED) is 0.778. The van der Waals surface area contributed by atoms with Gasteiger partial charge in [-0.2, -0.15) is 0 Å². The molecule has 0 radical (unpaired) electrons. The van der Waals surface area contributed by atoms with Crippen LogP contribution in [0.2, 0.25) is 0 Å². The van der Waals surface area contributed by atoms with E-state index < -0.39 is 11.9 Å². The normalized spacial score (nSPS) is 12.4. The Morgan fingerprint density at radius 1 is 1.16 bits per heavy atom. The largest absolute Gasteiger partial charge is 0.480 e. The van der Waals surface area contributed by atoms with Crippen molar-refractivity contribution in [3.05, 3.63) is 35.6 Å². The molecule has 2 N–H and O–H groups in total. The molecular weight excluding hydrogens is 253 g/mol. The number of hydrogen-bond donors (Lipinski definition) is 2. The monoisotopic (exact) mass is 269 g/mol. The highest BCUT2D eigenvalue weighted by molar-refractivity contribution is 5.72. The first-order chi connectivity index (χ1) is 8.88. The molecule has 0 heterocycles. The zero-order chi connectivity index (χ0) is 14.4. The summed E-state index contributed by atoms with van der Waals surface area (Å²) in [6.45, 7) is 1.07. The number of nitrogens with zero attached hydrogens (tertiary/aromatic N) is 1. The van der Waals surface area contributed by atoms with Crippen molar-refractivity contribution < 1.29 is 24.2 Å². The highest BCUT2D eigenvalue weighted by Gasteiger charge is 2.19. The number of rotatable bonds is 7. The summed E-state index contributed by atoms with van der Waals surface area (Å²) in [5.74, 6) is -2.50. The minimum atomic E-state index is -1.08. The maximum atomic E-state index is 12.8. The first-order valence-electron chi connectivity index (χ1n) is 5.80. The number of carbonyl (C=O) groups is 2. The second kappa shape index (κ2) is 6.84. The van der Waals surface area contributed by atoms with Gasteiger partial charge < -0.3 is 10.2 Å². The fourth-order valence-electron chi connectivity index (χ4n) is 1.81. The molecule has 1 atom stereocenters. The summed E-state index contributed by atoms with van der Waals surface area (Å²) in [5, 5.41) is 17.5. The Labute approximate surface area is 110 Å². The molecule has 104 valence electrons. The van der Waals surface area contributed by atoms with Crippen LogP contribution in [0.5, 0.6) is 0 Å². The molecule has 0 spiro atoms. The lowest BCUT2D eigenvalue weighted by atomic mass is 10.1. The van der Waals surface area contributed by atoms with Gasteiger partial charge >= 0.3 is 11.9 Å². The molecule has 5 nitrogen and oxygen atoms in total. The molecule has 0 aliphatic carbocycles. The zero-order valence-electron chi connectivity index (χ0n) is 10.5. The molecule has 1 rings (SSSR count). The van der Waals surface area contributed by atoms with E-state index in [1.54, 1.807) is 19.1 Å². The Kier molecular flexibility index (Phi) is 5.44. The van der Waals surface area contributed by atoms with Crippen LogP contribution < -0.4 is 0 Å². The lowest BCUT2D eigenvalue weighted by Gasteiger charge is -2.25. The van der Waals surface area contributed by atoms with E-state index in [2.05, 4.69) is 0 Å². The number of benzene rings is 1. The molecule has 1 aromatic rings. The molecule has 0 bridgehead atoms. The summed E-state index contributed by atoms with van der Waals surface area (Å²) in [6, 6.07) is 5.58. The molecule has 0 amide bonds. The van der Waals surface area contributed by atoms with Gasteiger partial charge in [0.15, 0.2) is 0 Å². The maximum absolute atomic E-state index is 12.8. The molecule has 0 aliphatic heterocycles. The standard InChI is InChI=1S/C13H16FNO4/c1-9(6-10-2-4-11(14)5-3-10)15(7-12(16)17)8-13(18)19/h2-5,9H,6-8H2,1H3,(H,16,17)(H,18,19). The van der Waals surface area contributed by atoms with Gasteiger partial charge in [-0.15, -0.1) is 0 Å². The van der Waals surface area contributed by atoms with Crippen molar-refractivity contribution in [2.45, 2.75) is 19.4 Å². The van der Waals surface area contributed by atoms with Gasteiger partial charge in [0.2, 0.25) is 0 Å². The lowest BCUT2D eigenvalue weighted by molar-refractivity contribution is -0.142. The van der Waals surface area contributed by atoms with Crippen LogP contribution in [0, 0.1) is 5.82 Å². The summed E-state index contributed by atoms with van der Waals surface area (Å²) in [4.78, 5) is 22.8. The topological polar surface area (TPSA) is 77.8 Å². The molecule has 19 heavy (non-hydrogen) atoms. The molecule has 0 aliphatic rings. The average Bonchev–Trinajstić information content (AvgIpc) is 2.30. The average molecular weight is 269 g/mol. The number of carboxylic acids is 2. The predicted molar refractivity (Wildman–Crippen MR) is 66.4 cm³/mol. The van der Waals surface area contributed by atoms with E-state index in [1.165, 1.54) is 17.0 Å². The van der Waals surface area contributed by atoms with Gasteiger partial charge in [0.05, 0.1) is 13.1 Å². The maximum Gasteiger partial charge on any atom is 0.317 e. The van der Waals surface area contributed by atoms with E-state index in [0.717, 1.165) is 5.56 Å². The fourth-order valence-corrected chi connectivity index (χ4v) is 1.81. The van der Waals surface area contributed by atoms with Gasteiger partial charge in [-0.05, 0) is 31.0 Å². The second-order valence-electron chi connectivity index (χ2n) is 4.37. The predicted octanol–water partition coefficient (Wildman–Crippen LogP) is 1.23. The first kappa shape index (κ1) is 15.1. The summed E-state index contributed by atoms with van der Waals surface area (Å²) in [7, 11) is 0. The van der Waals surface area contributed by atoms with Crippen molar-refractivity contribution in [2.75, 3.05) is 13.1 Å². The third-order valence-corrected chi connectivity index (χ3v) is 2.74. The van der Waals surface area contributed by atoms with Gasteiger partial charge in [0.1, 0.15) is 5.82 Å². The molecule has 0 aromatic heterocycles. The summed E-state index contributed by atoms with van der Waals surface area (Å²) < 4.78 is 12.8. The smallest absolute Gasteiger partial charge is 0.317 e. The minimum absolute atomic E-state index is 0.266. The van der Waals surface area contributed by atoms with Crippen LogP contribution in [0.15, 0.2) is 24.3 Å². The first-order valence-corrected chi connectivity index (χ1v) is 5.80. The van der Waals surface area contributed by atoms with E-state index in [9.17, 15) is 14.0 Å². The van der Waals surface area contributed by atoms with Crippen LogP contribution in [0.25, 0.3) is 0 Å². The number of hydrogen-bond acceptors (Lipinski definition) is 3. The van der Waals surface area contributed by atoms with Gasteiger partial charge in [-0.1, -0.05) is 12.1 Å². The van der Waals surface area contributed by atoms with Crippen LogP contribution in [-0.2, 0) is 16.0 Å². The van der Waals surface area contributed by atoms with E-state index >= 15 is 0 Å². The number of carboxylic acid groups (broad SMARTS) is 2.